The van der Waals surface area contributed by atoms with Crippen LogP contribution in [-0.2, 0) is 22.8 Å². The summed E-state index contributed by atoms with van der Waals surface area (Å²) in [6, 6.07) is 7.34. The molecule has 1 aromatic carbocycles. The molecule has 0 fully saturated rings. The molecule has 0 saturated carbocycles. The Kier molecular flexibility index (Phi) is 5.76. The highest BCUT2D eigenvalue weighted by Crippen LogP contribution is 2.36. The van der Waals surface area contributed by atoms with Gasteiger partial charge in [0.2, 0.25) is 11.8 Å². The molecule has 10 heteroatoms. The largest absolute Gasteiger partial charge is 0.474 e. The molecule has 0 amide bonds. The van der Waals surface area contributed by atoms with Crippen molar-refractivity contribution >= 4 is 32.8 Å². The van der Waals surface area contributed by atoms with Gasteiger partial charge in [-0.05, 0) is 43.5 Å². The Hall–Kier alpha value is -3.40. The zero-order chi connectivity index (χ0) is 23.9. The monoisotopic (exact) mass is 480 g/mol. The van der Waals surface area contributed by atoms with Gasteiger partial charge >= 0.3 is 0 Å². The van der Waals surface area contributed by atoms with Crippen LogP contribution < -0.4 is 20.3 Å². The molecule has 34 heavy (non-hydrogen) atoms. The van der Waals surface area contributed by atoms with Gasteiger partial charge in [-0.1, -0.05) is 12.1 Å². The summed E-state index contributed by atoms with van der Waals surface area (Å²) in [5.41, 5.74) is 6.85. The molecule has 5 rings (SSSR count). The van der Waals surface area contributed by atoms with Crippen LogP contribution in [-0.4, -0.2) is 49.3 Å². The molecule has 2 aromatic heterocycles. The number of hydrogen-bond donors (Lipinski definition) is 2. The topological polar surface area (TPSA) is 109 Å². The molecule has 0 spiro atoms. The summed E-state index contributed by atoms with van der Waals surface area (Å²) in [5, 5.41) is 6.09. The van der Waals surface area contributed by atoms with Gasteiger partial charge in [-0.2, -0.15) is 0 Å². The average molecular weight is 481 g/mol. The van der Waals surface area contributed by atoms with Crippen molar-refractivity contribution in [2.45, 2.75) is 32.1 Å². The molecule has 9 nitrogen and oxygen atoms in total. The fourth-order valence-electron chi connectivity index (χ4n) is 4.31. The standard InChI is InChI=1S/C24H28N6O3S/c1-15-21(13-26-23-22(15)25-9-11-33-23)30-10-8-18-12-27-24(29-20(18)14-30)28-19-6-4-17(5-7-19)16(2)34(3,31)32/h4-7,12-13,16,25H,8-11,14H2,1-3H3,(H,27,28,29)/t16-/m1/s1. The summed E-state index contributed by atoms with van der Waals surface area (Å²) in [5.74, 6) is 1.18. The van der Waals surface area contributed by atoms with E-state index in [0.717, 1.165) is 59.0 Å². The van der Waals surface area contributed by atoms with E-state index < -0.39 is 15.1 Å². The summed E-state index contributed by atoms with van der Waals surface area (Å²) in [6.07, 6.45) is 5.87. The summed E-state index contributed by atoms with van der Waals surface area (Å²) < 4.78 is 29.3. The van der Waals surface area contributed by atoms with Crippen LogP contribution in [0.4, 0.5) is 23.0 Å². The van der Waals surface area contributed by atoms with Gasteiger partial charge in [-0.3, -0.25) is 0 Å². The first-order chi connectivity index (χ1) is 16.3. The number of hydrogen-bond acceptors (Lipinski definition) is 9. The first-order valence-corrected chi connectivity index (χ1v) is 13.3. The maximum atomic E-state index is 11.8. The van der Waals surface area contributed by atoms with Crippen molar-refractivity contribution in [2.24, 2.45) is 0 Å². The fourth-order valence-corrected chi connectivity index (χ4v) is 4.96. The quantitative estimate of drug-likeness (QED) is 0.568. The molecule has 2 aliphatic rings. The number of nitrogens with one attached hydrogen (secondary N) is 2. The lowest BCUT2D eigenvalue weighted by Gasteiger charge is -2.32. The predicted molar refractivity (Wildman–Crippen MR) is 133 cm³/mol. The Labute approximate surface area is 199 Å². The van der Waals surface area contributed by atoms with Crippen molar-refractivity contribution in [3.8, 4) is 5.88 Å². The normalized spacial score (nSPS) is 16.0. The van der Waals surface area contributed by atoms with Crippen LogP contribution in [0.25, 0.3) is 0 Å². The molecule has 4 heterocycles. The molecule has 0 unspecified atom stereocenters. The Morgan fingerprint density at radius 2 is 1.97 bits per heavy atom. The number of rotatable bonds is 5. The van der Waals surface area contributed by atoms with Gasteiger partial charge in [0.05, 0.1) is 29.4 Å². The lowest BCUT2D eigenvalue weighted by atomic mass is 10.0. The van der Waals surface area contributed by atoms with Crippen LogP contribution in [0, 0.1) is 6.92 Å². The van der Waals surface area contributed by atoms with Crippen molar-refractivity contribution in [3.63, 3.8) is 0 Å². The Morgan fingerprint density at radius 3 is 2.74 bits per heavy atom. The second kappa shape index (κ2) is 8.75. The molecule has 0 aliphatic carbocycles. The number of anilines is 4. The third-order valence-electron chi connectivity index (χ3n) is 6.48. The fraction of sp³-hybridized carbons (Fsp3) is 0.375. The van der Waals surface area contributed by atoms with Crippen LogP contribution in [0.15, 0.2) is 36.7 Å². The van der Waals surface area contributed by atoms with Gasteiger partial charge in [0.15, 0.2) is 9.84 Å². The number of sulfone groups is 1. The Balaban J connectivity index is 1.34. The zero-order valence-corrected chi connectivity index (χ0v) is 20.3. The van der Waals surface area contributed by atoms with Crippen molar-refractivity contribution in [3.05, 3.63) is 59.0 Å². The minimum atomic E-state index is -3.14. The molecule has 2 aliphatic heterocycles. The smallest absolute Gasteiger partial charge is 0.237 e. The van der Waals surface area contributed by atoms with E-state index in [-0.39, 0.29) is 0 Å². The highest BCUT2D eigenvalue weighted by molar-refractivity contribution is 7.90. The van der Waals surface area contributed by atoms with Crippen LogP contribution in [0.1, 0.15) is 34.6 Å². The van der Waals surface area contributed by atoms with Crippen molar-refractivity contribution < 1.29 is 13.2 Å². The first-order valence-electron chi connectivity index (χ1n) is 11.3. The van der Waals surface area contributed by atoms with E-state index in [1.807, 2.05) is 36.7 Å². The predicted octanol–water partition coefficient (Wildman–Crippen LogP) is 3.40. The van der Waals surface area contributed by atoms with Crippen molar-refractivity contribution in [1.29, 1.82) is 0 Å². The maximum Gasteiger partial charge on any atom is 0.237 e. The van der Waals surface area contributed by atoms with Crippen molar-refractivity contribution in [2.75, 3.05) is 41.5 Å². The van der Waals surface area contributed by atoms with E-state index in [1.54, 1.807) is 6.92 Å². The first kappa shape index (κ1) is 22.4. The molecule has 0 radical (unpaired) electrons. The number of fused-ring (bicyclic) bond motifs is 2. The lowest BCUT2D eigenvalue weighted by molar-refractivity contribution is 0.310. The van der Waals surface area contributed by atoms with Gasteiger partial charge in [0, 0.05) is 36.8 Å². The van der Waals surface area contributed by atoms with Crippen molar-refractivity contribution in [1.82, 2.24) is 15.0 Å². The van der Waals surface area contributed by atoms with E-state index in [4.69, 9.17) is 9.72 Å². The number of ether oxygens (including phenoxy) is 1. The second-order valence-electron chi connectivity index (χ2n) is 8.78. The molecular weight excluding hydrogens is 452 g/mol. The summed E-state index contributed by atoms with van der Waals surface area (Å²) in [7, 11) is -3.14. The molecule has 178 valence electrons. The van der Waals surface area contributed by atoms with E-state index in [9.17, 15) is 8.42 Å². The highest BCUT2D eigenvalue weighted by atomic mass is 32.2. The minimum Gasteiger partial charge on any atom is -0.474 e. The summed E-state index contributed by atoms with van der Waals surface area (Å²) in [4.78, 5) is 16.1. The van der Waals surface area contributed by atoms with Crippen LogP contribution in [0.5, 0.6) is 5.88 Å². The number of pyridine rings is 1. The molecule has 2 N–H and O–H groups in total. The van der Waals surface area contributed by atoms with Crippen LogP contribution >= 0.6 is 0 Å². The average Bonchev–Trinajstić information content (AvgIpc) is 2.83. The van der Waals surface area contributed by atoms with Crippen LogP contribution in [0.3, 0.4) is 0 Å². The second-order valence-corrected chi connectivity index (χ2v) is 11.1. The lowest BCUT2D eigenvalue weighted by Crippen LogP contribution is -2.32. The third kappa shape index (κ3) is 4.37. The minimum absolute atomic E-state index is 0.514. The van der Waals surface area contributed by atoms with Gasteiger partial charge < -0.3 is 20.3 Å². The number of nitrogens with zero attached hydrogens (tertiary/aromatic N) is 4. The van der Waals surface area contributed by atoms with Gasteiger partial charge in [-0.15, -0.1) is 0 Å². The Bertz CT molecular complexity index is 1330. The third-order valence-corrected chi connectivity index (χ3v) is 8.04. The van der Waals surface area contributed by atoms with Gasteiger partial charge in [0.1, 0.15) is 12.3 Å². The van der Waals surface area contributed by atoms with E-state index in [0.29, 0.717) is 25.0 Å². The molecule has 0 saturated heterocycles. The molecular formula is C24H28N6O3S. The number of benzene rings is 1. The Morgan fingerprint density at radius 1 is 1.18 bits per heavy atom. The van der Waals surface area contributed by atoms with Crippen LogP contribution in [0.2, 0.25) is 0 Å². The molecule has 3 aromatic rings. The van der Waals surface area contributed by atoms with E-state index >= 15 is 0 Å². The number of aromatic nitrogens is 3. The van der Waals surface area contributed by atoms with Gasteiger partial charge in [0.25, 0.3) is 0 Å². The SMILES string of the molecule is Cc1c(N2CCc3cnc(Nc4ccc([C@@H](C)S(C)(=O)=O)cc4)nc3C2)cnc2c1NCCO2. The van der Waals surface area contributed by atoms with E-state index in [1.165, 1.54) is 6.26 Å². The maximum absolute atomic E-state index is 11.8. The highest BCUT2D eigenvalue weighted by Gasteiger charge is 2.24. The summed E-state index contributed by atoms with van der Waals surface area (Å²) >= 11 is 0. The van der Waals surface area contributed by atoms with E-state index in [2.05, 4.69) is 32.4 Å². The van der Waals surface area contributed by atoms with Gasteiger partial charge in [-0.25, -0.2) is 23.4 Å². The molecule has 0 bridgehead atoms. The summed E-state index contributed by atoms with van der Waals surface area (Å²) in [6.45, 7) is 6.72. The zero-order valence-electron chi connectivity index (χ0n) is 19.5. The molecule has 1 atom stereocenters.